The Bertz CT molecular complexity index is 3180. The molecule has 3 fully saturated rings. The summed E-state index contributed by atoms with van der Waals surface area (Å²) in [6.07, 6.45) is 6.39. The van der Waals surface area contributed by atoms with Crippen LogP contribution in [0.4, 0.5) is 9.18 Å². The van der Waals surface area contributed by atoms with E-state index in [2.05, 4.69) is 27.4 Å². The highest BCUT2D eigenvalue weighted by atomic mass is 19.1. The Balaban J connectivity index is 1.03. The van der Waals surface area contributed by atoms with Gasteiger partial charge in [0.15, 0.2) is 0 Å². The molecule has 2 saturated heterocycles. The number of aromatic nitrogens is 7. The van der Waals surface area contributed by atoms with Crippen molar-refractivity contribution in [2.45, 2.75) is 57.5 Å². The summed E-state index contributed by atoms with van der Waals surface area (Å²) in [5.74, 6) is -0.247. The molecular weight excluding hydrogens is 858 g/mol. The average Bonchev–Trinajstić information content (AvgIpc) is 3.69. The molecule has 2 amide bonds. The van der Waals surface area contributed by atoms with Crippen LogP contribution in [0.1, 0.15) is 63.6 Å². The second-order valence-electron chi connectivity index (χ2n) is 18.5. The number of ether oxygens (including phenoxy) is 2. The lowest BCUT2D eigenvalue weighted by Gasteiger charge is -2.31. The second kappa shape index (κ2) is 16.5. The van der Waals surface area contributed by atoms with Crippen molar-refractivity contribution in [3.63, 3.8) is 0 Å². The van der Waals surface area contributed by atoms with Gasteiger partial charge >= 0.3 is 11.8 Å². The maximum absolute atomic E-state index is 15.5. The van der Waals surface area contributed by atoms with Crippen LogP contribution in [-0.4, -0.2) is 119 Å². The first-order valence-corrected chi connectivity index (χ1v) is 22.9. The number of rotatable bonds is 9. The van der Waals surface area contributed by atoms with Crippen LogP contribution in [0.25, 0.3) is 39.0 Å². The van der Waals surface area contributed by atoms with Crippen LogP contribution in [0, 0.1) is 31.0 Å². The summed E-state index contributed by atoms with van der Waals surface area (Å²) in [6, 6.07) is 17.2. The molecule has 3 aliphatic heterocycles. The lowest BCUT2D eigenvalue weighted by atomic mass is 9.91. The van der Waals surface area contributed by atoms with E-state index in [9.17, 15) is 20.1 Å². The van der Waals surface area contributed by atoms with Crippen molar-refractivity contribution < 1.29 is 28.6 Å². The van der Waals surface area contributed by atoms with Crippen LogP contribution in [-0.2, 0) is 35.0 Å². The number of carboxylic acid groups (broad SMARTS) is 1. The monoisotopic (exact) mass is 909 g/mol. The minimum atomic E-state index is -1.34. The summed E-state index contributed by atoms with van der Waals surface area (Å²) in [6.45, 7) is 8.33. The zero-order valence-corrected chi connectivity index (χ0v) is 37.7. The van der Waals surface area contributed by atoms with Gasteiger partial charge in [0.2, 0.25) is 0 Å². The highest BCUT2D eigenvalue weighted by Gasteiger charge is 2.61. The number of morpholine rings is 1. The van der Waals surface area contributed by atoms with Crippen LogP contribution < -0.4 is 11.0 Å². The molecule has 2 atom stereocenters. The molecule has 3 N–H and O–H groups in total. The molecule has 18 heteroatoms. The number of hydrogen-bond donors (Lipinski definition) is 3. The number of nitrogens with zero attached hydrogens (tertiary/aromatic N) is 9. The van der Waals surface area contributed by atoms with Crippen molar-refractivity contribution in [3.8, 4) is 17.2 Å². The van der Waals surface area contributed by atoms with Crippen LogP contribution in [0.5, 0.6) is 0 Å². The maximum Gasteiger partial charge on any atom is 0.410 e. The molecule has 17 nitrogen and oxygen atoms in total. The van der Waals surface area contributed by atoms with Crippen LogP contribution >= 0.6 is 0 Å². The summed E-state index contributed by atoms with van der Waals surface area (Å²) >= 11 is 0. The molecule has 11 rings (SSSR count). The van der Waals surface area contributed by atoms with E-state index in [0.29, 0.717) is 111 Å². The Kier molecular flexibility index (Phi) is 10.5. The van der Waals surface area contributed by atoms with Crippen molar-refractivity contribution in [1.82, 2.24) is 48.4 Å². The highest BCUT2D eigenvalue weighted by molar-refractivity contribution is 6.05. The fraction of sp³-hybridized carbons (Fsp3) is 0.388. The molecule has 4 aliphatic rings. The number of halogens is 1. The molecule has 0 unspecified atom stereocenters. The van der Waals surface area contributed by atoms with E-state index in [-0.39, 0.29) is 41.6 Å². The Labute approximate surface area is 384 Å². The summed E-state index contributed by atoms with van der Waals surface area (Å²) in [5, 5.41) is 32.9. The van der Waals surface area contributed by atoms with Gasteiger partial charge in [-0.25, -0.2) is 18.7 Å². The predicted molar refractivity (Wildman–Crippen MR) is 248 cm³/mol. The lowest BCUT2D eigenvalue weighted by molar-refractivity contribution is 0.0347. The summed E-state index contributed by atoms with van der Waals surface area (Å²) < 4.78 is 34.9. The van der Waals surface area contributed by atoms with Crippen molar-refractivity contribution >= 4 is 39.6 Å². The van der Waals surface area contributed by atoms with Gasteiger partial charge in [-0.15, -0.1) is 0 Å². The van der Waals surface area contributed by atoms with Gasteiger partial charge in [-0.2, -0.15) is 10.2 Å². The van der Waals surface area contributed by atoms with Gasteiger partial charge in [0.05, 0.1) is 48.5 Å². The summed E-state index contributed by atoms with van der Waals surface area (Å²) in [5.41, 5.74) is 5.08. The Morgan fingerprint density at radius 2 is 1.64 bits per heavy atom. The number of hydrogen-bond acceptors (Lipinski definition) is 9. The zero-order chi connectivity index (χ0) is 46.3. The summed E-state index contributed by atoms with van der Waals surface area (Å²) in [7, 11) is 1.86. The zero-order valence-electron chi connectivity index (χ0n) is 37.7. The normalized spacial score (nSPS) is 20.1. The summed E-state index contributed by atoms with van der Waals surface area (Å²) in [4.78, 5) is 46.5. The third-order valence-electron chi connectivity index (χ3n) is 14.4. The van der Waals surface area contributed by atoms with E-state index in [1.54, 1.807) is 63.4 Å². The first-order chi connectivity index (χ1) is 32.4. The van der Waals surface area contributed by atoms with E-state index in [4.69, 9.17) is 14.6 Å². The van der Waals surface area contributed by atoms with Gasteiger partial charge in [0.1, 0.15) is 28.7 Å². The molecule has 1 saturated carbocycles. The standard InChI is InChI=1S/C49H52FN11O6/c1-29-20-37(21-30(2)43(29)50)61-44(59-13-12-58(48(59)65)36-5-7-40-34(23-36)26-52-55(40)3)38-28-57(11-8-39(38)54-61)45(62)42-24-33-22-32(31-9-16-66-17-10-31)4-6-41(33)60(42)49(46(51)53-47(63)64)25-35(49)27-56-14-18-67-19-15-56/h4-7,12-13,20-24,26,31,35H,8-11,14-19,25,27-28H2,1-3H3,(H2,51,53)(H,63,64)/t35-,49+/m1/s1. The Hall–Kier alpha value is -6.89. The van der Waals surface area contributed by atoms with Gasteiger partial charge in [-0.05, 0) is 104 Å². The van der Waals surface area contributed by atoms with Gasteiger partial charge in [0, 0.05) is 93.0 Å². The molecular formula is C49H52FN11O6. The van der Waals surface area contributed by atoms with Crippen molar-refractivity contribution in [3.05, 3.63) is 123 Å². The third-order valence-corrected chi connectivity index (χ3v) is 14.4. The molecule has 346 valence electrons. The first-order valence-electron chi connectivity index (χ1n) is 22.9. The van der Waals surface area contributed by atoms with E-state index < -0.39 is 11.6 Å². The van der Waals surface area contributed by atoms with Crippen LogP contribution in [0.15, 0.2) is 78.0 Å². The Morgan fingerprint density at radius 3 is 2.40 bits per heavy atom. The molecule has 0 bridgehead atoms. The molecule has 0 radical (unpaired) electrons. The predicted octanol–water partition coefficient (Wildman–Crippen LogP) is 5.80. The van der Waals surface area contributed by atoms with Crippen LogP contribution in [0.2, 0.25) is 0 Å². The molecule has 1 aliphatic carbocycles. The van der Waals surface area contributed by atoms with Crippen molar-refractivity contribution in [1.29, 1.82) is 5.41 Å². The quantitative estimate of drug-likeness (QED) is 0.119. The molecule has 4 aromatic heterocycles. The van der Waals surface area contributed by atoms with Crippen molar-refractivity contribution in [2.24, 2.45) is 13.0 Å². The van der Waals surface area contributed by atoms with Gasteiger partial charge in [-0.3, -0.25) is 34.2 Å². The number of aryl methyl sites for hydroxylation is 3. The number of benzene rings is 3. The second-order valence-corrected chi connectivity index (χ2v) is 18.5. The fourth-order valence-corrected chi connectivity index (χ4v) is 10.8. The molecule has 3 aromatic carbocycles. The SMILES string of the molecule is Cc1cc(-n2nc3c(c2-n2ccn(-c4ccc5c(cnn5C)c4)c2=O)CN(C(=O)c2cc4cc(C5CCOCC5)ccc4n2[C@@]2(C(=N)NC(=O)O)C[C@@H]2CN2CCOCC2)CC3)cc(C)c1F. The number of carbonyl (C=O) groups is 2. The van der Waals surface area contributed by atoms with Crippen molar-refractivity contribution in [2.75, 3.05) is 52.6 Å². The minimum Gasteiger partial charge on any atom is -0.465 e. The average molecular weight is 910 g/mol. The van der Waals surface area contributed by atoms with E-state index in [1.807, 2.05) is 41.9 Å². The Morgan fingerprint density at radius 1 is 0.910 bits per heavy atom. The smallest absolute Gasteiger partial charge is 0.410 e. The molecule has 67 heavy (non-hydrogen) atoms. The van der Waals surface area contributed by atoms with E-state index in [0.717, 1.165) is 40.2 Å². The molecule has 7 heterocycles. The van der Waals surface area contributed by atoms with E-state index in [1.165, 1.54) is 4.57 Å². The number of imidazole rings is 1. The number of carbonyl (C=O) groups excluding carboxylic acids is 1. The largest absolute Gasteiger partial charge is 0.465 e. The fourth-order valence-electron chi connectivity index (χ4n) is 10.8. The number of nitrogens with one attached hydrogen (secondary N) is 2. The molecule has 7 aromatic rings. The van der Waals surface area contributed by atoms with Gasteiger partial charge in [0.25, 0.3) is 5.91 Å². The topological polar surface area (TPSA) is 183 Å². The maximum atomic E-state index is 15.5. The van der Waals surface area contributed by atoms with Gasteiger partial charge < -0.3 is 24.0 Å². The molecule has 0 spiro atoms. The number of amides is 2. The highest BCUT2D eigenvalue weighted by Crippen LogP contribution is 2.54. The lowest BCUT2D eigenvalue weighted by Crippen LogP contribution is -2.46. The van der Waals surface area contributed by atoms with Gasteiger partial charge in [-0.1, -0.05) is 6.07 Å². The first kappa shape index (κ1) is 42.7. The minimum absolute atomic E-state index is 0.0891. The van der Waals surface area contributed by atoms with E-state index >= 15 is 9.18 Å². The number of fused-ring (bicyclic) bond motifs is 3. The number of amidine groups is 1. The third kappa shape index (κ3) is 7.25. The van der Waals surface area contributed by atoms with Crippen LogP contribution in [0.3, 0.4) is 0 Å².